The molecule has 3 aromatic rings. The first-order valence-corrected chi connectivity index (χ1v) is 7.60. The van der Waals surface area contributed by atoms with Gasteiger partial charge in [0.1, 0.15) is 5.82 Å². The van der Waals surface area contributed by atoms with Crippen LogP contribution in [0.4, 0.5) is 4.39 Å². The third-order valence-corrected chi connectivity index (χ3v) is 3.86. The second-order valence-electron chi connectivity index (χ2n) is 4.92. The van der Waals surface area contributed by atoms with Gasteiger partial charge < -0.3 is 5.11 Å². The molecule has 1 heterocycles. The third-order valence-electron chi connectivity index (χ3n) is 3.36. The molecule has 1 aromatic heterocycles. The molecule has 3 rings (SSSR count). The van der Waals surface area contributed by atoms with E-state index in [2.05, 4.69) is 20.9 Å². The van der Waals surface area contributed by atoms with Crippen LogP contribution in [0.5, 0.6) is 0 Å². The highest BCUT2D eigenvalue weighted by Crippen LogP contribution is 2.21. The molecule has 0 bridgehead atoms. The third kappa shape index (κ3) is 3.29. The molecule has 0 saturated heterocycles. The Hall–Kier alpha value is -2.53. The van der Waals surface area contributed by atoms with Crippen LogP contribution >= 0.6 is 15.9 Å². The maximum atomic E-state index is 13.8. The van der Waals surface area contributed by atoms with Gasteiger partial charge in [-0.3, -0.25) is 0 Å². The molecule has 0 fully saturated rings. The largest absolute Gasteiger partial charge is 0.478 e. The summed E-state index contributed by atoms with van der Waals surface area (Å²) in [5, 5.41) is 9.93. The predicted octanol–water partition coefficient (Wildman–Crippen LogP) is 5.01. The number of hydrogen-bond acceptors (Lipinski definition) is 2. The summed E-state index contributed by atoms with van der Waals surface area (Å²) in [7, 11) is 0. The number of hydrogen-bond donors (Lipinski definition) is 1. The molecular formula is C18H11BrFNO2. The number of carbonyl (C=O) groups is 1. The van der Waals surface area contributed by atoms with Crippen molar-refractivity contribution in [1.82, 2.24) is 4.98 Å². The number of carboxylic acids is 1. The fourth-order valence-corrected chi connectivity index (χ4v) is 2.60. The SMILES string of the molecule is O=C(O)c1cc(C=Cc2ccc(Br)cc2F)nc2ccccc12. The van der Waals surface area contributed by atoms with Gasteiger partial charge >= 0.3 is 5.97 Å². The molecule has 0 spiro atoms. The lowest BCUT2D eigenvalue weighted by molar-refractivity contribution is 0.0699. The minimum Gasteiger partial charge on any atom is -0.478 e. The van der Waals surface area contributed by atoms with Gasteiger partial charge in [-0.15, -0.1) is 0 Å². The Kier molecular flexibility index (Phi) is 4.21. The van der Waals surface area contributed by atoms with E-state index in [0.717, 1.165) is 0 Å². The van der Waals surface area contributed by atoms with Crippen LogP contribution in [0.1, 0.15) is 21.6 Å². The summed E-state index contributed by atoms with van der Waals surface area (Å²) in [6.07, 6.45) is 3.18. The van der Waals surface area contributed by atoms with Crippen molar-refractivity contribution in [3.63, 3.8) is 0 Å². The predicted molar refractivity (Wildman–Crippen MR) is 91.7 cm³/mol. The number of benzene rings is 2. The van der Waals surface area contributed by atoms with Gasteiger partial charge in [-0.05, 0) is 36.4 Å². The normalized spacial score (nSPS) is 11.2. The summed E-state index contributed by atoms with van der Waals surface area (Å²) in [5.41, 5.74) is 1.62. The van der Waals surface area contributed by atoms with Gasteiger partial charge in [0.15, 0.2) is 0 Å². The van der Waals surface area contributed by atoms with Gasteiger partial charge in [0.25, 0.3) is 0 Å². The van der Waals surface area contributed by atoms with Crippen LogP contribution in [0.25, 0.3) is 23.1 Å². The van der Waals surface area contributed by atoms with Crippen LogP contribution in [0.2, 0.25) is 0 Å². The first-order valence-electron chi connectivity index (χ1n) is 6.81. The van der Waals surface area contributed by atoms with E-state index in [1.807, 2.05) is 0 Å². The number of halogens is 2. The van der Waals surface area contributed by atoms with Crippen LogP contribution in [0, 0.1) is 5.82 Å². The molecule has 0 unspecified atom stereocenters. The second kappa shape index (κ2) is 6.30. The van der Waals surface area contributed by atoms with Crippen LogP contribution in [0.3, 0.4) is 0 Å². The molecule has 0 aliphatic carbocycles. The summed E-state index contributed by atoms with van der Waals surface area (Å²) in [6, 6.07) is 13.3. The van der Waals surface area contributed by atoms with Gasteiger partial charge in [-0.1, -0.05) is 40.2 Å². The number of nitrogens with zero attached hydrogens (tertiary/aromatic N) is 1. The standard InChI is InChI=1S/C18H11BrFNO2/c19-12-7-5-11(16(20)9-12)6-8-13-10-15(18(22)23)14-3-1-2-4-17(14)21-13/h1-10H,(H,22,23). The van der Waals surface area contributed by atoms with Crippen molar-refractivity contribution in [2.24, 2.45) is 0 Å². The molecule has 2 aromatic carbocycles. The highest BCUT2D eigenvalue weighted by atomic mass is 79.9. The van der Waals surface area contributed by atoms with E-state index in [9.17, 15) is 14.3 Å². The second-order valence-corrected chi connectivity index (χ2v) is 5.83. The fraction of sp³-hybridized carbons (Fsp3) is 0. The molecule has 0 atom stereocenters. The lowest BCUT2D eigenvalue weighted by Gasteiger charge is -2.04. The lowest BCUT2D eigenvalue weighted by Crippen LogP contribution is -2.00. The fourth-order valence-electron chi connectivity index (χ4n) is 2.27. The topological polar surface area (TPSA) is 50.2 Å². The molecule has 0 aliphatic heterocycles. The molecule has 114 valence electrons. The van der Waals surface area contributed by atoms with Gasteiger partial charge in [0, 0.05) is 15.4 Å². The zero-order valence-electron chi connectivity index (χ0n) is 11.8. The van der Waals surface area contributed by atoms with Crippen molar-refractivity contribution in [3.05, 3.63) is 75.6 Å². The maximum absolute atomic E-state index is 13.8. The molecule has 0 radical (unpaired) electrons. The minimum absolute atomic E-state index is 0.173. The zero-order valence-corrected chi connectivity index (χ0v) is 13.4. The number of para-hydroxylation sites is 1. The average Bonchev–Trinajstić information content (AvgIpc) is 2.53. The highest BCUT2D eigenvalue weighted by Gasteiger charge is 2.10. The summed E-state index contributed by atoms with van der Waals surface area (Å²) >= 11 is 3.20. The lowest BCUT2D eigenvalue weighted by atomic mass is 10.1. The van der Waals surface area contributed by atoms with Crippen LogP contribution in [0.15, 0.2) is 53.0 Å². The molecule has 1 N–H and O–H groups in total. The summed E-state index contributed by atoms with van der Waals surface area (Å²) in [6.45, 7) is 0. The summed E-state index contributed by atoms with van der Waals surface area (Å²) in [5.74, 6) is -1.39. The molecule has 23 heavy (non-hydrogen) atoms. The van der Waals surface area contributed by atoms with Crippen molar-refractivity contribution in [2.45, 2.75) is 0 Å². The molecule has 0 amide bonds. The van der Waals surface area contributed by atoms with Crippen LogP contribution < -0.4 is 0 Å². The number of fused-ring (bicyclic) bond motifs is 1. The average molecular weight is 372 g/mol. The van der Waals surface area contributed by atoms with E-state index in [0.29, 0.717) is 26.6 Å². The number of pyridine rings is 1. The monoisotopic (exact) mass is 371 g/mol. The van der Waals surface area contributed by atoms with Crippen molar-refractivity contribution < 1.29 is 14.3 Å². The van der Waals surface area contributed by atoms with Crippen LogP contribution in [-0.2, 0) is 0 Å². The van der Waals surface area contributed by atoms with E-state index in [4.69, 9.17) is 0 Å². The number of aromatic nitrogens is 1. The molecule has 3 nitrogen and oxygen atoms in total. The van der Waals surface area contributed by atoms with Crippen LogP contribution in [-0.4, -0.2) is 16.1 Å². The number of carboxylic acid groups (broad SMARTS) is 1. The Morgan fingerprint density at radius 1 is 1.13 bits per heavy atom. The highest BCUT2D eigenvalue weighted by molar-refractivity contribution is 9.10. The van der Waals surface area contributed by atoms with E-state index in [-0.39, 0.29) is 11.4 Å². The van der Waals surface area contributed by atoms with Crippen molar-refractivity contribution >= 4 is 45.0 Å². The number of aromatic carboxylic acids is 1. The van der Waals surface area contributed by atoms with Crippen molar-refractivity contribution in [3.8, 4) is 0 Å². The summed E-state index contributed by atoms with van der Waals surface area (Å²) in [4.78, 5) is 15.8. The Morgan fingerprint density at radius 3 is 2.65 bits per heavy atom. The summed E-state index contributed by atoms with van der Waals surface area (Å²) < 4.78 is 14.5. The zero-order chi connectivity index (χ0) is 16.4. The van der Waals surface area contributed by atoms with Crippen molar-refractivity contribution in [1.29, 1.82) is 0 Å². The Bertz CT molecular complexity index is 937. The van der Waals surface area contributed by atoms with E-state index < -0.39 is 5.97 Å². The minimum atomic E-state index is -1.02. The van der Waals surface area contributed by atoms with E-state index in [1.54, 1.807) is 48.6 Å². The van der Waals surface area contributed by atoms with E-state index in [1.165, 1.54) is 12.1 Å². The smallest absolute Gasteiger partial charge is 0.336 e. The van der Waals surface area contributed by atoms with Gasteiger partial charge in [0.2, 0.25) is 0 Å². The Balaban J connectivity index is 2.06. The van der Waals surface area contributed by atoms with Crippen molar-refractivity contribution in [2.75, 3.05) is 0 Å². The molecule has 0 aliphatic rings. The first-order chi connectivity index (χ1) is 11.0. The molecule has 5 heteroatoms. The quantitative estimate of drug-likeness (QED) is 0.704. The first kappa shape index (κ1) is 15.4. The Morgan fingerprint density at radius 2 is 1.91 bits per heavy atom. The van der Waals surface area contributed by atoms with Gasteiger partial charge in [0.05, 0.1) is 16.8 Å². The van der Waals surface area contributed by atoms with E-state index >= 15 is 0 Å². The Labute approximate surface area is 140 Å². The molecule has 0 saturated carbocycles. The number of rotatable bonds is 3. The molecular weight excluding hydrogens is 361 g/mol. The maximum Gasteiger partial charge on any atom is 0.336 e. The van der Waals surface area contributed by atoms with Gasteiger partial charge in [-0.2, -0.15) is 0 Å². The van der Waals surface area contributed by atoms with Gasteiger partial charge in [-0.25, -0.2) is 14.2 Å².